The van der Waals surface area contributed by atoms with E-state index in [2.05, 4.69) is 0 Å². The van der Waals surface area contributed by atoms with Gasteiger partial charge in [0.05, 0.1) is 0 Å². The molecule has 5 atom stereocenters. The van der Waals surface area contributed by atoms with Crippen molar-refractivity contribution in [2.45, 2.75) is 44.1 Å². The van der Waals surface area contributed by atoms with Gasteiger partial charge in [-0.25, -0.2) is 0 Å². The highest BCUT2D eigenvalue weighted by Crippen LogP contribution is 2.23. The average Bonchev–Trinajstić information content (AvgIpc) is 2.20. The van der Waals surface area contributed by atoms with Crippen molar-refractivity contribution in [1.29, 1.82) is 0 Å². The molecule has 5 N–H and O–H groups in total. The Bertz CT molecular complexity index is 241. The summed E-state index contributed by atoms with van der Waals surface area (Å²) in [5.41, 5.74) is 0. The third kappa shape index (κ3) is 2.47. The van der Waals surface area contributed by atoms with Crippen LogP contribution in [0.5, 0.6) is 0 Å². The molecular formula is C9H16O6. The highest BCUT2D eigenvalue weighted by Gasteiger charge is 2.44. The van der Waals surface area contributed by atoms with Crippen LogP contribution in [0.1, 0.15) is 13.3 Å². The van der Waals surface area contributed by atoms with Crippen molar-refractivity contribution in [3.05, 3.63) is 11.8 Å². The van der Waals surface area contributed by atoms with Crippen molar-refractivity contribution >= 4 is 0 Å². The van der Waals surface area contributed by atoms with E-state index in [1.807, 2.05) is 0 Å². The second-order valence-corrected chi connectivity index (χ2v) is 3.46. The molecule has 6 nitrogen and oxygen atoms in total. The van der Waals surface area contributed by atoms with E-state index in [-0.39, 0.29) is 5.76 Å². The molecule has 0 spiro atoms. The normalized spacial score (nSPS) is 43.0. The summed E-state index contributed by atoms with van der Waals surface area (Å²) in [6.45, 7) is 1.77. The van der Waals surface area contributed by atoms with Crippen LogP contribution in [-0.2, 0) is 4.74 Å². The summed E-state index contributed by atoms with van der Waals surface area (Å²) in [7, 11) is 0. The molecule has 0 aromatic carbocycles. The van der Waals surface area contributed by atoms with Crippen molar-refractivity contribution < 1.29 is 30.3 Å². The lowest BCUT2D eigenvalue weighted by Crippen LogP contribution is -2.57. The lowest BCUT2D eigenvalue weighted by Gasteiger charge is -2.37. The largest absolute Gasteiger partial charge is 0.510 e. The third-order valence-electron chi connectivity index (χ3n) is 2.29. The quantitative estimate of drug-likeness (QED) is 0.367. The number of rotatable bonds is 2. The second-order valence-electron chi connectivity index (χ2n) is 3.46. The third-order valence-corrected chi connectivity index (χ3v) is 2.29. The van der Waals surface area contributed by atoms with E-state index < -0.39 is 30.7 Å². The zero-order valence-electron chi connectivity index (χ0n) is 8.32. The Morgan fingerprint density at radius 3 is 2.27 bits per heavy atom. The van der Waals surface area contributed by atoms with Crippen molar-refractivity contribution in [3.63, 3.8) is 0 Å². The van der Waals surface area contributed by atoms with Crippen LogP contribution in [0.25, 0.3) is 0 Å². The summed E-state index contributed by atoms with van der Waals surface area (Å²) >= 11 is 0. The maximum absolute atomic E-state index is 9.48. The van der Waals surface area contributed by atoms with Crippen molar-refractivity contribution in [3.8, 4) is 0 Å². The van der Waals surface area contributed by atoms with Gasteiger partial charge < -0.3 is 30.3 Å². The van der Waals surface area contributed by atoms with Gasteiger partial charge >= 0.3 is 0 Å². The Morgan fingerprint density at radius 1 is 1.13 bits per heavy atom. The number of allylic oxidation sites excluding steroid dienone is 1. The molecule has 1 aliphatic heterocycles. The molecule has 1 rings (SSSR count). The summed E-state index contributed by atoms with van der Waals surface area (Å²) in [6, 6.07) is 0. The predicted octanol–water partition coefficient (Wildman–Crippen LogP) is -1.36. The fraction of sp³-hybridized carbons (Fsp3) is 0.778. The molecule has 1 saturated heterocycles. The zero-order valence-corrected chi connectivity index (χ0v) is 8.32. The monoisotopic (exact) mass is 220 g/mol. The van der Waals surface area contributed by atoms with Gasteiger partial charge in [-0.05, 0) is 12.5 Å². The molecule has 0 aromatic rings. The first-order valence-electron chi connectivity index (χ1n) is 4.75. The molecule has 15 heavy (non-hydrogen) atoms. The first-order valence-corrected chi connectivity index (χ1v) is 4.75. The molecule has 0 unspecified atom stereocenters. The van der Waals surface area contributed by atoms with E-state index in [0.29, 0.717) is 6.42 Å². The summed E-state index contributed by atoms with van der Waals surface area (Å²) in [5.74, 6) is -0.269. The topological polar surface area (TPSA) is 110 Å². The molecular weight excluding hydrogens is 204 g/mol. The van der Waals surface area contributed by atoms with E-state index >= 15 is 0 Å². The summed E-state index contributed by atoms with van der Waals surface area (Å²) < 4.78 is 4.77. The van der Waals surface area contributed by atoms with E-state index in [0.717, 1.165) is 0 Å². The molecule has 0 bridgehead atoms. The highest BCUT2D eigenvalue weighted by atomic mass is 16.6. The van der Waals surface area contributed by atoms with E-state index in [9.17, 15) is 20.4 Å². The first-order chi connectivity index (χ1) is 6.99. The Hall–Kier alpha value is -0.660. The Labute approximate surface area is 87.0 Å². The Kier molecular flexibility index (Phi) is 4.06. The number of aliphatic hydroxyl groups is 5. The lowest BCUT2D eigenvalue weighted by atomic mass is 9.97. The number of hydrogen-bond donors (Lipinski definition) is 5. The van der Waals surface area contributed by atoms with Crippen LogP contribution in [0.2, 0.25) is 0 Å². The zero-order chi connectivity index (χ0) is 11.6. The molecule has 0 saturated carbocycles. The number of ether oxygens (including phenoxy) is 1. The smallest absolute Gasteiger partial charge is 0.184 e. The van der Waals surface area contributed by atoms with Gasteiger partial charge in [-0.2, -0.15) is 0 Å². The summed E-state index contributed by atoms with van der Waals surface area (Å²) in [6.07, 6.45) is -5.51. The van der Waals surface area contributed by atoms with Gasteiger partial charge in [0, 0.05) is 0 Å². The molecule has 1 aliphatic rings. The van der Waals surface area contributed by atoms with E-state index in [1.165, 1.54) is 6.08 Å². The lowest BCUT2D eigenvalue weighted by molar-refractivity contribution is -0.278. The van der Waals surface area contributed by atoms with Crippen LogP contribution >= 0.6 is 0 Å². The van der Waals surface area contributed by atoms with Gasteiger partial charge in [-0.15, -0.1) is 0 Å². The van der Waals surface area contributed by atoms with Crippen LogP contribution in [0, 0.1) is 0 Å². The van der Waals surface area contributed by atoms with Crippen LogP contribution < -0.4 is 0 Å². The fourth-order valence-corrected chi connectivity index (χ4v) is 1.43. The van der Waals surface area contributed by atoms with Gasteiger partial charge in [-0.3, -0.25) is 0 Å². The number of aliphatic hydroxyl groups excluding tert-OH is 5. The second kappa shape index (κ2) is 4.91. The maximum Gasteiger partial charge on any atom is 0.184 e. The molecule has 6 heteroatoms. The minimum absolute atomic E-state index is 0.269. The molecule has 88 valence electrons. The van der Waals surface area contributed by atoms with Crippen LogP contribution in [0.4, 0.5) is 0 Å². The van der Waals surface area contributed by atoms with E-state index in [4.69, 9.17) is 9.84 Å². The Morgan fingerprint density at radius 2 is 1.73 bits per heavy atom. The van der Waals surface area contributed by atoms with E-state index in [1.54, 1.807) is 6.92 Å². The van der Waals surface area contributed by atoms with Gasteiger partial charge in [0.1, 0.15) is 30.2 Å². The SMILES string of the molecule is CCC=C(O)[C@H]1O[C@H](O)[C@H](O)[C@H](O)[C@@H]1O. The molecule has 0 aliphatic carbocycles. The van der Waals surface area contributed by atoms with Crippen LogP contribution in [0.15, 0.2) is 11.8 Å². The molecule has 1 fully saturated rings. The Balaban J connectivity index is 2.79. The number of hydrogen-bond acceptors (Lipinski definition) is 6. The van der Waals surface area contributed by atoms with Crippen molar-refractivity contribution in [2.24, 2.45) is 0 Å². The van der Waals surface area contributed by atoms with Crippen LogP contribution in [0.3, 0.4) is 0 Å². The molecule has 0 radical (unpaired) electrons. The van der Waals surface area contributed by atoms with Gasteiger partial charge in [0.15, 0.2) is 6.29 Å². The first kappa shape index (κ1) is 12.4. The summed E-state index contributed by atoms with van der Waals surface area (Å²) in [4.78, 5) is 0. The van der Waals surface area contributed by atoms with Gasteiger partial charge in [0.25, 0.3) is 0 Å². The summed E-state index contributed by atoms with van der Waals surface area (Å²) in [5, 5.41) is 46.6. The molecule has 0 aromatic heterocycles. The highest BCUT2D eigenvalue weighted by molar-refractivity contribution is 5.06. The fourth-order valence-electron chi connectivity index (χ4n) is 1.43. The average molecular weight is 220 g/mol. The molecule has 0 amide bonds. The standard InChI is InChI=1S/C9H16O6/c1-2-3-4(10)8-6(12)5(11)7(13)9(14)15-8/h3,5-14H,2H2,1H3/t5-,6+,7-,8-,9+/m1/s1. The van der Waals surface area contributed by atoms with Gasteiger partial charge in [-0.1, -0.05) is 6.92 Å². The maximum atomic E-state index is 9.48. The van der Waals surface area contributed by atoms with Crippen molar-refractivity contribution in [2.75, 3.05) is 0 Å². The minimum atomic E-state index is -1.62. The van der Waals surface area contributed by atoms with Crippen LogP contribution in [-0.4, -0.2) is 56.2 Å². The van der Waals surface area contributed by atoms with Gasteiger partial charge in [0.2, 0.25) is 0 Å². The molecule has 1 heterocycles. The van der Waals surface area contributed by atoms with Crippen molar-refractivity contribution in [1.82, 2.24) is 0 Å². The minimum Gasteiger partial charge on any atom is -0.510 e. The predicted molar refractivity (Wildman–Crippen MR) is 49.9 cm³/mol.